The van der Waals surface area contributed by atoms with Gasteiger partial charge in [-0.25, -0.2) is 0 Å². The second kappa shape index (κ2) is 7.05. The third kappa shape index (κ3) is 4.73. The van der Waals surface area contributed by atoms with Crippen molar-refractivity contribution >= 4 is 0 Å². The van der Waals surface area contributed by atoms with E-state index in [1.165, 1.54) is 45.3 Å². The predicted molar refractivity (Wildman–Crippen MR) is 80.5 cm³/mol. The molecule has 0 amide bonds. The molecule has 2 rings (SSSR count). The van der Waals surface area contributed by atoms with E-state index in [2.05, 4.69) is 31.0 Å². The van der Waals surface area contributed by atoms with Crippen molar-refractivity contribution in [3.8, 4) is 0 Å². The summed E-state index contributed by atoms with van der Waals surface area (Å²) in [7, 11) is 0. The summed E-state index contributed by atoms with van der Waals surface area (Å²) in [4.78, 5) is 2.66. The van der Waals surface area contributed by atoms with Gasteiger partial charge < -0.3 is 15.0 Å². The Morgan fingerprint density at radius 3 is 2.68 bits per heavy atom. The summed E-state index contributed by atoms with van der Waals surface area (Å²) in [5, 5.41) is 3.72. The molecule has 0 aliphatic carbocycles. The van der Waals surface area contributed by atoms with Crippen molar-refractivity contribution in [3.05, 3.63) is 0 Å². The molecule has 3 heteroatoms. The molecular formula is C16H32N2O. The summed E-state index contributed by atoms with van der Waals surface area (Å²) >= 11 is 0. The first-order chi connectivity index (χ1) is 9.11. The van der Waals surface area contributed by atoms with Gasteiger partial charge in [0.25, 0.3) is 0 Å². The molecule has 3 nitrogen and oxygen atoms in total. The van der Waals surface area contributed by atoms with E-state index in [-0.39, 0.29) is 0 Å². The van der Waals surface area contributed by atoms with Gasteiger partial charge in [-0.15, -0.1) is 0 Å². The van der Waals surface area contributed by atoms with Crippen molar-refractivity contribution < 1.29 is 4.74 Å². The summed E-state index contributed by atoms with van der Waals surface area (Å²) in [5.41, 5.74) is 0.555. The van der Waals surface area contributed by atoms with Crippen molar-refractivity contribution in [1.82, 2.24) is 10.2 Å². The minimum absolute atomic E-state index is 0.555. The third-order valence-corrected chi connectivity index (χ3v) is 4.83. The van der Waals surface area contributed by atoms with E-state index in [1.54, 1.807) is 0 Å². The predicted octanol–water partition coefficient (Wildman–Crippen LogP) is 2.51. The zero-order valence-electron chi connectivity index (χ0n) is 13.1. The number of piperidine rings is 1. The second-order valence-electron chi connectivity index (χ2n) is 7.15. The highest BCUT2D eigenvalue weighted by atomic mass is 16.5. The maximum atomic E-state index is 5.71. The Labute approximate surface area is 119 Å². The zero-order valence-corrected chi connectivity index (χ0v) is 13.1. The molecule has 0 spiro atoms. The lowest BCUT2D eigenvalue weighted by Gasteiger charge is -2.41. The van der Waals surface area contributed by atoms with Gasteiger partial charge in [-0.05, 0) is 50.7 Å². The van der Waals surface area contributed by atoms with Crippen LogP contribution in [0.3, 0.4) is 0 Å². The van der Waals surface area contributed by atoms with E-state index in [9.17, 15) is 0 Å². The highest BCUT2D eigenvalue weighted by molar-refractivity contribution is 4.85. The minimum atomic E-state index is 0.555. The van der Waals surface area contributed by atoms with Gasteiger partial charge in [0.1, 0.15) is 0 Å². The Bertz CT molecular complexity index is 257. The van der Waals surface area contributed by atoms with Crippen molar-refractivity contribution in [1.29, 1.82) is 0 Å². The van der Waals surface area contributed by atoms with Crippen LogP contribution in [0.2, 0.25) is 0 Å². The SMILES string of the molecule is CCCNC1CCOCC1CN1CCC(C)(C)CC1. The average molecular weight is 268 g/mol. The molecule has 0 radical (unpaired) electrons. The summed E-state index contributed by atoms with van der Waals surface area (Å²) in [6, 6.07) is 0.670. The molecule has 2 aliphatic heterocycles. The van der Waals surface area contributed by atoms with E-state index in [4.69, 9.17) is 4.74 Å². The number of likely N-dealkylation sites (tertiary alicyclic amines) is 1. The van der Waals surface area contributed by atoms with Gasteiger partial charge >= 0.3 is 0 Å². The molecule has 2 aliphatic rings. The second-order valence-corrected chi connectivity index (χ2v) is 7.15. The van der Waals surface area contributed by atoms with E-state index >= 15 is 0 Å². The number of ether oxygens (including phenoxy) is 1. The molecule has 1 N–H and O–H groups in total. The van der Waals surface area contributed by atoms with E-state index < -0.39 is 0 Å². The Balaban J connectivity index is 1.79. The van der Waals surface area contributed by atoms with Gasteiger partial charge in [0.15, 0.2) is 0 Å². The first kappa shape index (κ1) is 15.3. The van der Waals surface area contributed by atoms with Crippen molar-refractivity contribution in [2.75, 3.05) is 39.4 Å². The van der Waals surface area contributed by atoms with Crippen LogP contribution in [-0.4, -0.2) is 50.3 Å². The minimum Gasteiger partial charge on any atom is -0.381 e. The molecule has 0 aromatic heterocycles. The lowest BCUT2D eigenvalue weighted by atomic mass is 9.82. The van der Waals surface area contributed by atoms with E-state index in [0.717, 1.165) is 19.8 Å². The van der Waals surface area contributed by atoms with Crippen LogP contribution in [-0.2, 0) is 4.74 Å². The fourth-order valence-corrected chi connectivity index (χ4v) is 3.25. The molecule has 0 aromatic rings. The maximum absolute atomic E-state index is 5.71. The molecule has 0 aromatic carbocycles. The Morgan fingerprint density at radius 2 is 2.00 bits per heavy atom. The quantitative estimate of drug-likeness (QED) is 0.829. The maximum Gasteiger partial charge on any atom is 0.0521 e. The molecule has 2 unspecified atom stereocenters. The molecular weight excluding hydrogens is 236 g/mol. The zero-order chi connectivity index (χ0) is 13.7. The molecule has 2 fully saturated rings. The number of rotatable bonds is 5. The number of nitrogens with zero attached hydrogens (tertiary/aromatic N) is 1. The Hall–Kier alpha value is -0.120. The van der Waals surface area contributed by atoms with Gasteiger partial charge in [-0.2, -0.15) is 0 Å². The van der Waals surface area contributed by atoms with Gasteiger partial charge in [0, 0.05) is 25.1 Å². The highest BCUT2D eigenvalue weighted by Gasteiger charge is 2.30. The molecule has 112 valence electrons. The monoisotopic (exact) mass is 268 g/mol. The van der Waals surface area contributed by atoms with Crippen LogP contribution in [0.1, 0.15) is 46.5 Å². The van der Waals surface area contributed by atoms with Gasteiger partial charge in [-0.1, -0.05) is 20.8 Å². The van der Waals surface area contributed by atoms with E-state index in [0.29, 0.717) is 17.4 Å². The molecule has 2 atom stereocenters. The van der Waals surface area contributed by atoms with Gasteiger partial charge in [0.2, 0.25) is 0 Å². The van der Waals surface area contributed by atoms with Crippen molar-refractivity contribution in [2.24, 2.45) is 11.3 Å². The largest absolute Gasteiger partial charge is 0.381 e. The number of hydrogen-bond acceptors (Lipinski definition) is 3. The standard InChI is InChI=1S/C16H32N2O/c1-4-8-17-15-5-11-19-13-14(15)12-18-9-6-16(2,3)7-10-18/h14-15,17H,4-13H2,1-3H3. The number of nitrogens with one attached hydrogen (secondary N) is 1. The molecule has 19 heavy (non-hydrogen) atoms. The summed E-state index contributed by atoms with van der Waals surface area (Å²) in [5.74, 6) is 0.682. The van der Waals surface area contributed by atoms with E-state index in [1.807, 2.05) is 0 Å². The fourth-order valence-electron chi connectivity index (χ4n) is 3.25. The lowest BCUT2D eigenvalue weighted by Crippen LogP contribution is -2.49. The molecule has 2 heterocycles. The van der Waals surface area contributed by atoms with Crippen LogP contribution in [0.25, 0.3) is 0 Å². The fraction of sp³-hybridized carbons (Fsp3) is 1.00. The van der Waals surface area contributed by atoms with Gasteiger partial charge in [0.05, 0.1) is 6.61 Å². The summed E-state index contributed by atoms with van der Waals surface area (Å²) in [6.07, 6.45) is 5.09. The number of hydrogen-bond donors (Lipinski definition) is 1. The van der Waals surface area contributed by atoms with Crippen molar-refractivity contribution in [2.45, 2.75) is 52.5 Å². The first-order valence-corrected chi connectivity index (χ1v) is 8.14. The van der Waals surface area contributed by atoms with Gasteiger partial charge in [-0.3, -0.25) is 0 Å². The van der Waals surface area contributed by atoms with Crippen LogP contribution in [0.15, 0.2) is 0 Å². The molecule has 0 bridgehead atoms. The molecule has 2 saturated heterocycles. The average Bonchev–Trinajstić information content (AvgIpc) is 2.40. The van der Waals surface area contributed by atoms with Crippen LogP contribution < -0.4 is 5.32 Å². The smallest absolute Gasteiger partial charge is 0.0521 e. The summed E-state index contributed by atoms with van der Waals surface area (Å²) in [6.45, 7) is 13.8. The first-order valence-electron chi connectivity index (χ1n) is 8.14. The normalized spacial score (nSPS) is 32.4. The van der Waals surface area contributed by atoms with Crippen LogP contribution >= 0.6 is 0 Å². The third-order valence-electron chi connectivity index (χ3n) is 4.83. The van der Waals surface area contributed by atoms with Crippen LogP contribution in [0.5, 0.6) is 0 Å². The topological polar surface area (TPSA) is 24.5 Å². The lowest BCUT2D eigenvalue weighted by molar-refractivity contribution is 0.00794. The Kier molecular flexibility index (Phi) is 5.67. The molecule has 0 saturated carbocycles. The Morgan fingerprint density at radius 1 is 1.26 bits per heavy atom. The van der Waals surface area contributed by atoms with Crippen LogP contribution in [0.4, 0.5) is 0 Å². The van der Waals surface area contributed by atoms with Crippen molar-refractivity contribution in [3.63, 3.8) is 0 Å². The highest BCUT2D eigenvalue weighted by Crippen LogP contribution is 2.30. The summed E-state index contributed by atoms with van der Waals surface area (Å²) < 4.78 is 5.71. The van der Waals surface area contributed by atoms with Crippen LogP contribution in [0, 0.1) is 11.3 Å².